The molecule has 1 aromatic heterocycles. The summed E-state index contributed by atoms with van der Waals surface area (Å²) < 4.78 is 35.5. The zero-order valence-corrected chi connectivity index (χ0v) is 7.94. The second-order valence-corrected chi connectivity index (χ2v) is 3.04. The summed E-state index contributed by atoms with van der Waals surface area (Å²) in [4.78, 5) is 7.41. The SMILES string of the molecule is CC(O)c1ncc(/C=C/[B-](F)(F)F)cn1. The van der Waals surface area contributed by atoms with Gasteiger partial charge in [-0.2, -0.15) is 0 Å². The molecule has 0 aromatic carbocycles. The zero-order valence-electron chi connectivity index (χ0n) is 7.94. The molecular weight excluding hydrogens is 208 g/mol. The van der Waals surface area contributed by atoms with Crippen LogP contribution in [0.3, 0.4) is 0 Å². The van der Waals surface area contributed by atoms with Gasteiger partial charge in [-0.3, -0.25) is 0 Å². The Labute approximate surface area is 84.7 Å². The minimum atomic E-state index is -4.94. The van der Waals surface area contributed by atoms with Crippen molar-refractivity contribution in [1.29, 1.82) is 0 Å². The molecule has 0 saturated heterocycles. The first-order valence-electron chi connectivity index (χ1n) is 4.28. The van der Waals surface area contributed by atoms with Crippen molar-refractivity contribution in [2.45, 2.75) is 13.0 Å². The highest BCUT2D eigenvalue weighted by molar-refractivity contribution is 6.64. The van der Waals surface area contributed by atoms with Gasteiger partial charge in [-0.15, -0.1) is 5.98 Å². The number of nitrogens with zero attached hydrogens (tertiary/aromatic N) is 2. The number of aromatic nitrogens is 2. The van der Waals surface area contributed by atoms with Crippen LogP contribution in [0, 0.1) is 0 Å². The van der Waals surface area contributed by atoms with E-state index in [4.69, 9.17) is 5.11 Å². The number of aliphatic hydroxyl groups excluding tert-OH is 1. The largest absolute Gasteiger partial charge is 0.502 e. The predicted octanol–water partition coefficient (Wildman–Crippen LogP) is 1.93. The molecule has 0 fully saturated rings. The number of aliphatic hydroxyl groups is 1. The van der Waals surface area contributed by atoms with E-state index >= 15 is 0 Å². The first-order chi connectivity index (χ1) is 6.88. The number of rotatable bonds is 3. The van der Waals surface area contributed by atoms with E-state index < -0.39 is 13.1 Å². The summed E-state index contributed by atoms with van der Waals surface area (Å²) in [6.45, 7) is -3.46. The van der Waals surface area contributed by atoms with Gasteiger partial charge in [-0.25, -0.2) is 9.97 Å². The lowest BCUT2D eigenvalue weighted by atomic mass is 9.91. The summed E-state index contributed by atoms with van der Waals surface area (Å²) in [5.41, 5.74) is 0.249. The van der Waals surface area contributed by atoms with Gasteiger partial charge in [-0.05, 0) is 6.92 Å². The highest BCUT2D eigenvalue weighted by Gasteiger charge is 2.17. The second-order valence-electron chi connectivity index (χ2n) is 3.04. The van der Waals surface area contributed by atoms with Crippen molar-refractivity contribution in [2.75, 3.05) is 0 Å². The molecule has 0 spiro atoms. The quantitative estimate of drug-likeness (QED) is 0.786. The first kappa shape index (κ1) is 11.7. The topological polar surface area (TPSA) is 46.0 Å². The predicted molar refractivity (Wildman–Crippen MR) is 50.8 cm³/mol. The molecule has 1 aromatic rings. The van der Waals surface area contributed by atoms with Gasteiger partial charge < -0.3 is 18.1 Å². The van der Waals surface area contributed by atoms with E-state index in [0.717, 1.165) is 6.08 Å². The summed E-state index contributed by atoms with van der Waals surface area (Å²) in [7, 11) is 0. The maximum atomic E-state index is 11.8. The summed E-state index contributed by atoms with van der Waals surface area (Å²) in [6.07, 6.45) is 2.53. The summed E-state index contributed by atoms with van der Waals surface area (Å²) in [6, 6.07) is 0. The third-order valence-corrected chi connectivity index (χ3v) is 1.57. The number of hydrogen-bond acceptors (Lipinski definition) is 3. The molecule has 0 aliphatic rings. The average Bonchev–Trinajstić information content (AvgIpc) is 2.14. The van der Waals surface area contributed by atoms with Gasteiger partial charge in [0.2, 0.25) is 0 Å². The third-order valence-electron chi connectivity index (χ3n) is 1.57. The first-order valence-corrected chi connectivity index (χ1v) is 4.28. The Morgan fingerprint density at radius 2 is 1.87 bits per heavy atom. The van der Waals surface area contributed by atoms with Crippen LogP contribution in [-0.4, -0.2) is 22.1 Å². The lowest BCUT2D eigenvalue weighted by molar-refractivity contribution is 0.189. The number of hydrogen-bond donors (Lipinski definition) is 1. The van der Waals surface area contributed by atoms with Gasteiger partial charge in [0.15, 0.2) is 5.82 Å². The third kappa shape index (κ3) is 4.12. The maximum absolute atomic E-state index is 11.8. The lowest BCUT2D eigenvalue weighted by Crippen LogP contribution is -2.09. The van der Waals surface area contributed by atoms with Gasteiger partial charge in [0.05, 0.1) is 0 Å². The normalized spacial score (nSPS) is 14.5. The van der Waals surface area contributed by atoms with Crippen LogP contribution in [0.2, 0.25) is 0 Å². The Hall–Kier alpha value is -1.37. The molecule has 1 N–H and O–H groups in total. The molecule has 0 aliphatic carbocycles. The van der Waals surface area contributed by atoms with E-state index in [1.807, 2.05) is 0 Å². The standard InChI is InChI=1S/C8H9BF3N2O/c1-6(15)8-13-4-7(5-14-8)2-3-9(10,11)12/h2-6,15H,1H3/q-1/b3-2+. The molecule has 7 heteroatoms. The van der Waals surface area contributed by atoms with Crippen molar-refractivity contribution >= 4 is 13.1 Å². The molecule has 1 heterocycles. The Balaban J connectivity index is 2.77. The molecule has 0 bridgehead atoms. The van der Waals surface area contributed by atoms with Crippen molar-refractivity contribution in [1.82, 2.24) is 9.97 Å². The van der Waals surface area contributed by atoms with Crippen LogP contribution < -0.4 is 0 Å². The van der Waals surface area contributed by atoms with Crippen molar-refractivity contribution in [3.05, 3.63) is 29.8 Å². The molecular formula is C8H9BF3N2O-. The monoisotopic (exact) mass is 217 g/mol. The van der Waals surface area contributed by atoms with Crippen LogP contribution in [-0.2, 0) is 0 Å². The average molecular weight is 217 g/mol. The molecule has 0 aliphatic heterocycles. The fraction of sp³-hybridized carbons (Fsp3) is 0.250. The van der Waals surface area contributed by atoms with Crippen LogP contribution in [0.4, 0.5) is 12.9 Å². The van der Waals surface area contributed by atoms with E-state index in [2.05, 4.69) is 9.97 Å². The fourth-order valence-electron chi connectivity index (χ4n) is 0.870. The van der Waals surface area contributed by atoms with Crippen LogP contribution in [0.15, 0.2) is 18.4 Å². The molecule has 82 valence electrons. The molecule has 1 atom stereocenters. The molecule has 3 nitrogen and oxygen atoms in total. The smallest absolute Gasteiger partial charge is 0.445 e. The van der Waals surface area contributed by atoms with E-state index in [-0.39, 0.29) is 17.4 Å². The molecule has 0 saturated carbocycles. The van der Waals surface area contributed by atoms with Crippen molar-refractivity contribution < 1.29 is 18.1 Å². The van der Waals surface area contributed by atoms with E-state index in [1.165, 1.54) is 19.3 Å². The summed E-state index contributed by atoms with van der Waals surface area (Å²) >= 11 is 0. The molecule has 1 unspecified atom stereocenters. The minimum Gasteiger partial charge on any atom is -0.445 e. The van der Waals surface area contributed by atoms with E-state index in [1.54, 1.807) is 0 Å². The van der Waals surface area contributed by atoms with Gasteiger partial charge in [0.1, 0.15) is 6.10 Å². The number of halogens is 3. The fourth-order valence-corrected chi connectivity index (χ4v) is 0.870. The maximum Gasteiger partial charge on any atom is 0.502 e. The molecule has 0 amide bonds. The lowest BCUT2D eigenvalue weighted by Gasteiger charge is -2.06. The van der Waals surface area contributed by atoms with E-state index in [0.29, 0.717) is 0 Å². The van der Waals surface area contributed by atoms with Crippen molar-refractivity contribution in [2.24, 2.45) is 0 Å². The summed E-state index contributed by atoms with van der Waals surface area (Å²) in [5.74, 6) is 0.352. The van der Waals surface area contributed by atoms with Crippen molar-refractivity contribution in [3.63, 3.8) is 0 Å². The summed E-state index contributed by atoms with van der Waals surface area (Å²) in [5, 5.41) is 9.05. The van der Waals surface area contributed by atoms with Crippen LogP contribution >= 0.6 is 0 Å². The molecule has 0 radical (unpaired) electrons. The van der Waals surface area contributed by atoms with Gasteiger partial charge >= 0.3 is 6.98 Å². The highest BCUT2D eigenvalue weighted by Crippen LogP contribution is 2.12. The molecule has 15 heavy (non-hydrogen) atoms. The minimum absolute atomic E-state index is 0.167. The van der Waals surface area contributed by atoms with Gasteiger partial charge in [0, 0.05) is 18.0 Å². The second kappa shape index (κ2) is 4.44. The van der Waals surface area contributed by atoms with Gasteiger partial charge in [-0.1, -0.05) is 6.08 Å². The van der Waals surface area contributed by atoms with Gasteiger partial charge in [0.25, 0.3) is 0 Å². The van der Waals surface area contributed by atoms with Crippen LogP contribution in [0.5, 0.6) is 0 Å². The molecule has 1 rings (SSSR count). The Morgan fingerprint density at radius 3 is 2.27 bits per heavy atom. The highest BCUT2D eigenvalue weighted by atomic mass is 19.4. The Bertz CT molecular complexity index is 348. The van der Waals surface area contributed by atoms with Crippen LogP contribution in [0.25, 0.3) is 6.08 Å². The zero-order chi connectivity index (χ0) is 11.5. The Kier molecular flexibility index (Phi) is 3.46. The van der Waals surface area contributed by atoms with E-state index in [9.17, 15) is 12.9 Å². The van der Waals surface area contributed by atoms with Crippen molar-refractivity contribution in [3.8, 4) is 0 Å². The Morgan fingerprint density at radius 1 is 1.33 bits per heavy atom. The van der Waals surface area contributed by atoms with Crippen LogP contribution in [0.1, 0.15) is 24.4 Å².